The third-order valence-corrected chi connectivity index (χ3v) is 6.43. The Morgan fingerprint density at radius 1 is 1.20 bits per heavy atom. The highest BCUT2D eigenvalue weighted by Crippen LogP contribution is 2.29. The lowest BCUT2D eigenvalue weighted by molar-refractivity contribution is 0.0641. The molecular weight excluding hydrogens is 442 g/mol. The van der Waals surface area contributed by atoms with Gasteiger partial charge in [-0.1, -0.05) is 31.7 Å². The average Bonchev–Trinajstić information content (AvgIpc) is 3.50. The number of hydrogen-bond acceptors (Lipinski definition) is 6. The first-order valence-corrected chi connectivity index (χ1v) is 12.4. The molecule has 1 fully saturated rings. The van der Waals surface area contributed by atoms with Gasteiger partial charge in [0.1, 0.15) is 17.4 Å². The molecule has 0 unspecified atom stereocenters. The third kappa shape index (κ3) is 7.11. The molecule has 0 saturated heterocycles. The lowest BCUT2D eigenvalue weighted by Crippen LogP contribution is -2.19. The van der Waals surface area contributed by atoms with E-state index in [-0.39, 0.29) is 11.7 Å². The maximum Gasteiger partial charge on any atom is 0.294 e. The van der Waals surface area contributed by atoms with E-state index < -0.39 is 5.60 Å². The number of nitrogens with one attached hydrogen (secondary N) is 2. The van der Waals surface area contributed by atoms with Crippen LogP contribution < -0.4 is 10.1 Å². The molecule has 2 aromatic heterocycles. The van der Waals surface area contributed by atoms with Gasteiger partial charge in [-0.05, 0) is 80.5 Å². The van der Waals surface area contributed by atoms with Crippen LogP contribution in [-0.2, 0) is 6.42 Å². The standard InChI is InChI=1S/C27H35N5O3/c1-18-9-10-21(35-14-6-12-27(2,3)34)17-22(18)20-11-13-28-23(16-20)30-26(33)25-29-24(31-32-25)15-19-7-4-5-8-19/h9-11,13,16-17,19,34H,4-8,12,14-15H2,1-3H3,(H,28,30,33)(H,29,31,32). The summed E-state index contributed by atoms with van der Waals surface area (Å²) in [5.74, 6) is 2.43. The second-order valence-electron chi connectivity index (χ2n) is 10.1. The van der Waals surface area contributed by atoms with E-state index in [0.717, 1.165) is 41.1 Å². The Kier molecular flexibility index (Phi) is 7.80. The summed E-state index contributed by atoms with van der Waals surface area (Å²) in [6.07, 6.45) is 8.91. The van der Waals surface area contributed by atoms with Crippen molar-refractivity contribution < 1.29 is 14.6 Å². The van der Waals surface area contributed by atoms with Crippen LogP contribution in [0.3, 0.4) is 0 Å². The topological polar surface area (TPSA) is 113 Å². The predicted octanol–water partition coefficient (Wildman–Crippen LogP) is 5.09. The SMILES string of the molecule is Cc1ccc(OCCCC(C)(C)O)cc1-c1ccnc(NC(=O)c2nnc(CC3CCCC3)[nH]2)c1. The van der Waals surface area contributed by atoms with Crippen molar-refractivity contribution in [3.05, 3.63) is 53.7 Å². The van der Waals surface area contributed by atoms with E-state index >= 15 is 0 Å². The van der Waals surface area contributed by atoms with Crippen molar-refractivity contribution in [2.24, 2.45) is 5.92 Å². The maximum absolute atomic E-state index is 12.7. The van der Waals surface area contributed by atoms with Crippen molar-refractivity contribution in [3.63, 3.8) is 0 Å². The molecule has 0 radical (unpaired) electrons. The van der Waals surface area contributed by atoms with Crippen molar-refractivity contribution in [1.29, 1.82) is 0 Å². The summed E-state index contributed by atoms with van der Waals surface area (Å²) in [6, 6.07) is 9.70. The molecule has 1 saturated carbocycles. The highest BCUT2D eigenvalue weighted by Gasteiger charge is 2.19. The average molecular weight is 478 g/mol. The number of rotatable bonds is 10. The van der Waals surface area contributed by atoms with Crippen molar-refractivity contribution in [1.82, 2.24) is 20.2 Å². The van der Waals surface area contributed by atoms with Crippen LogP contribution in [0.4, 0.5) is 5.82 Å². The second-order valence-corrected chi connectivity index (χ2v) is 10.1. The van der Waals surface area contributed by atoms with Gasteiger partial charge in [-0.15, -0.1) is 10.2 Å². The molecule has 1 amide bonds. The number of H-pyrrole nitrogens is 1. The Hall–Kier alpha value is -3.26. The smallest absolute Gasteiger partial charge is 0.294 e. The van der Waals surface area contributed by atoms with E-state index in [1.165, 1.54) is 25.7 Å². The van der Waals surface area contributed by atoms with E-state index in [1.54, 1.807) is 20.0 Å². The van der Waals surface area contributed by atoms with Crippen LogP contribution >= 0.6 is 0 Å². The van der Waals surface area contributed by atoms with E-state index in [9.17, 15) is 9.90 Å². The minimum atomic E-state index is -0.692. The lowest BCUT2D eigenvalue weighted by atomic mass is 10.0. The first kappa shape index (κ1) is 24.9. The van der Waals surface area contributed by atoms with Gasteiger partial charge in [0.05, 0.1) is 12.2 Å². The second kappa shape index (κ2) is 11.0. The fourth-order valence-electron chi connectivity index (χ4n) is 4.52. The Morgan fingerprint density at radius 3 is 2.77 bits per heavy atom. The van der Waals surface area contributed by atoms with Crippen LogP contribution in [0.25, 0.3) is 11.1 Å². The lowest BCUT2D eigenvalue weighted by Gasteiger charge is -2.17. The largest absolute Gasteiger partial charge is 0.494 e. The van der Waals surface area contributed by atoms with Crippen LogP contribution in [-0.4, -0.2) is 43.4 Å². The van der Waals surface area contributed by atoms with Gasteiger partial charge in [0.2, 0.25) is 5.82 Å². The number of aromatic amines is 1. The molecule has 0 spiro atoms. The molecule has 186 valence electrons. The molecule has 1 aliphatic carbocycles. The van der Waals surface area contributed by atoms with Crippen molar-refractivity contribution in [3.8, 4) is 16.9 Å². The number of hydrogen-bond donors (Lipinski definition) is 3. The van der Waals surface area contributed by atoms with E-state index in [2.05, 4.69) is 25.5 Å². The summed E-state index contributed by atoms with van der Waals surface area (Å²) in [5.41, 5.74) is 2.32. The number of benzene rings is 1. The first-order valence-electron chi connectivity index (χ1n) is 12.4. The van der Waals surface area contributed by atoms with Gasteiger partial charge in [0, 0.05) is 12.6 Å². The zero-order valence-electron chi connectivity index (χ0n) is 20.8. The fraction of sp³-hybridized carbons (Fsp3) is 0.481. The molecule has 35 heavy (non-hydrogen) atoms. The first-order chi connectivity index (χ1) is 16.8. The maximum atomic E-state index is 12.7. The number of amides is 1. The zero-order valence-corrected chi connectivity index (χ0v) is 20.8. The number of aromatic nitrogens is 4. The van der Waals surface area contributed by atoms with Crippen LogP contribution in [0, 0.1) is 12.8 Å². The number of pyridine rings is 1. The predicted molar refractivity (Wildman–Crippen MR) is 135 cm³/mol. The molecule has 1 aromatic carbocycles. The van der Waals surface area contributed by atoms with Gasteiger partial charge >= 0.3 is 0 Å². The monoisotopic (exact) mass is 477 g/mol. The molecule has 8 heteroatoms. The van der Waals surface area contributed by atoms with Crippen LogP contribution in [0.5, 0.6) is 5.75 Å². The van der Waals surface area contributed by atoms with Crippen molar-refractivity contribution in [2.75, 3.05) is 11.9 Å². The summed E-state index contributed by atoms with van der Waals surface area (Å²) in [6.45, 7) is 6.17. The summed E-state index contributed by atoms with van der Waals surface area (Å²) in [5, 5.41) is 20.9. The van der Waals surface area contributed by atoms with Gasteiger partial charge in [0.25, 0.3) is 5.91 Å². The normalized spacial score (nSPS) is 14.3. The summed E-state index contributed by atoms with van der Waals surface area (Å²) in [4.78, 5) is 20.1. The minimum Gasteiger partial charge on any atom is -0.494 e. The molecule has 0 bridgehead atoms. The van der Waals surface area contributed by atoms with Crippen LogP contribution in [0.1, 0.15) is 74.4 Å². The number of nitrogens with zero attached hydrogens (tertiary/aromatic N) is 3. The van der Waals surface area contributed by atoms with E-state index in [4.69, 9.17) is 4.74 Å². The van der Waals surface area contributed by atoms with Crippen LogP contribution in [0.2, 0.25) is 0 Å². The van der Waals surface area contributed by atoms with Gasteiger partial charge in [-0.3, -0.25) is 4.79 Å². The van der Waals surface area contributed by atoms with Gasteiger partial charge in [-0.2, -0.15) is 0 Å². The van der Waals surface area contributed by atoms with Gasteiger partial charge in [-0.25, -0.2) is 4.98 Å². The number of ether oxygens (including phenoxy) is 1. The molecule has 3 N–H and O–H groups in total. The molecule has 0 aliphatic heterocycles. The zero-order chi connectivity index (χ0) is 24.8. The Labute approximate surface area is 206 Å². The van der Waals surface area contributed by atoms with Crippen molar-refractivity contribution >= 4 is 11.7 Å². The number of anilines is 1. The number of carbonyl (C=O) groups excluding carboxylic acids is 1. The quantitative estimate of drug-likeness (QED) is 0.351. The van der Waals surface area contributed by atoms with E-state index in [1.807, 2.05) is 37.3 Å². The summed E-state index contributed by atoms with van der Waals surface area (Å²) < 4.78 is 5.91. The highest BCUT2D eigenvalue weighted by molar-refractivity contribution is 6.01. The molecule has 8 nitrogen and oxygen atoms in total. The molecule has 3 aromatic rings. The molecular formula is C27H35N5O3. The Balaban J connectivity index is 1.40. The van der Waals surface area contributed by atoms with E-state index in [0.29, 0.717) is 24.8 Å². The minimum absolute atomic E-state index is 0.197. The molecule has 1 aliphatic rings. The Morgan fingerprint density at radius 2 is 2.00 bits per heavy atom. The summed E-state index contributed by atoms with van der Waals surface area (Å²) in [7, 11) is 0. The molecule has 4 rings (SSSR count). The third-order valence-electron chi connectivity index (χ3n) is 6.43. The van der Waals surface area contributed by atoms with Crippen molar-refractivity contribution in [2.45, 2.75) is 71.3 Å². The number of aliphatic hydroxyl groups is 1. The summed E-state index contributed by atoms with van der Waals surface area (Å²) >= 11 is 0. The van der Waals surface area contributed by atoms with Crippen LogP contribution in [0.15, 0.2) is 36.5 Å². The number of carbonyl (C=O) groups is 1. The number of aryl methyl sites for hydroxylation is 1. The fourth-order valence-corrected chi connectivity index (χ4v) is 4.52. The molecule has 2 heterocycles. The Bertz CT molecular complexity index is 1150. The van der Waals surface area contributed by atoms with Gasteiger partial charge < -0.3 is 20.1 Å². The van der Waals surface area contributed by atoms with Gasteiger partial charge in [0.15, 0.2) is 0 Å². The molecule has 0 atom stereocenters. The highest BCUT2D eigenvalue weighted by atomic mass is 16.5.